The van der Waals surface area contributed by atoms with E-state index in [0.717, 1.165) is 43.4 Å². The third-order valence-corrected chi connectivity index (χ3v) is 5.59. The summed E-state index contributed by atoms with van der Waals surface area (Å²) < 4.78 is 27.9. The lowest BCUT2D eigenvalue weighted by Crippen LogP contribution is -2.33. The highest BCUT2D eigenvalue weighted by molar-refractivity contribution is 7.89. The first-order valence-corrected chi connectivity index (χ1v) is 8.84. The molecule has 0 bridgehead atoms. The van der Waals surface area contributed by atoms with Crippen molar-refractivity contribution in [3.63, 3.8) is 0 Å². The molecule has 0 aromatic heterocycles. The van der Waals surface area contributed by atoms with Crippen LogP contribution < -0.4 is 10.0 Å². The Hall–Kier alpha value is -0.910. The molecule has 20 heavy (non-hydrogen) atoms. The number of nitrogens with one attached hydrogen (secondary N) is 2. The molecule has 1 fully saturated rings. The predicted molar refractivity (Wildman–Crippen MR) is 81.1 cm³/mol. The Kier molecular flexibility index (Phi) is 5.18. The summed E-state index contributed by atoms with van der Waals surface area (Å²) in [7, 11) is -3.40. The Bertz CT molecular complexity index is 549. The number of rotatable bonds is 6. The molecule has 0 aliphatic heterocycles. The zero-order valence-corrected chi connectivity index (χ0v) is 13.1. The summed E-state index contributed by atoms with van der Waals surface area (Å²) in [6.45, 7) is 5.50. The molecule has 1 aromatic rings. The molecule has 0 atom stereocenters. The molecular formula is C15H24N2O2S. The Morgan fingerprint density at radius 1 is 1.25 bits per heavy atom. The van der Waals surface area contributed by atoms with Gasteiger partial charge in [-0.25, -0.2) is 13.1 Å². The van der Waals surface area contributed by atoms with Crippen molar-refractivity contribution < 1.29 is 8.42 Å². The van der Waals surface area contributed by atoms with Gasteiger partial charge >= 0.3 is 0 Å². The van der Waals surface area contributed by atoms with E-state index >= 15 is 0 Å². The lowest BCUT2D eigenvalue weighted by atomic mass is 10.1. The van der Waals surface area contributed by atoms with Crippen molar-refractivity contribution >= 4 is 10.0 Å². The highest BCUT2D eigenvalue weighted by atomic mass is 32.2. The number of sulfonamides is 1. The molecule has 0 spiro atoms. The van der Waals surface area contributed by atoms with Crippen molar-refractivity contribution in [2.24, 2.45) is 0 Å². The zero-order chi connectivity index (χ0) is 14.6. The van der Waals surface area contributed by atoms with Crippen molar-refractivity contribution in [3.8, 4) is 0 Å². The first kappa shape index (κ1) is 15.5. The SMILES string of the molecule is CCNCc1cccc(S(=O)(=O)NC2CCCC2)c1C. The summed E-state index contributed by atoms with van der Waals surface area (Å²) in [5.41, 5.74) is 1.89. The molecule has 1 aliphatic carbocycles. The molecule has 0 unspecified atom stereocenters. The lowest BCUT2D eigenvalue weighted by molar-refractivity contribution is 0.551. The second-order valence-corrected chi connectivity index (χ2v) is 7.11. The van der Waals surface area contributed by atoms with Crippen LogP contribution >= 0.6 is 0 Å². The summed E-state index contributed by atoms with van der Waals surface area (Å²) in [6.07, 6.45) is 4.14. The maximum absolute atomic E-state index is 12.5. The van der Waals surface area contributed by atoms with E-state index in [2.05, 4.69) is 10.0 Å². The largest absolute Gasteiger partial charge is 0.313 e. The van der Waals surface area contributed by atoms with Crippen LogP contribution in [0, 0.1) is 6.92 Å². The summed E-state index contributed by atoms with van der Waals surface area (Å²) in [5, 5.41) is 3.24. The van der Waals surface area contributed by atoms with E-state index in [0.29, 0.717) is 11.4 Å². The molecule has 0 heterocycles. The van der Waals surface area contributed by atoms with Crippen LogP contribution in [-0.4, -0.2) is 21.0 Å². The number of hydrogen-bond donors (Lipinski definition) is 2. The number of benzene rings is 1. The van der Waals surface area contributed by atoms with E-state index in [9.17, 15) is 8.42 Å². The second-order valence-electron chi connectivity index (χ2n) is 5.42. The topological polar surface area (TPSA) is 58.2 Å². The fourth-order valence-corrected chi connectivity index (χ4v) is 4.32. The highest BCUT2D eigenvalue weighted by Gasteiger charge is 2.24. The molecule has 1 aliphatic rings. The van der Waals surface area contributed by atoms with Gasteiger partial charge in [0.2, 0.25) is 10.0 Å². The van der Waals surface area contributed by atoms with Crippen LogP contribution in [0.5, 0.6) is 0 Å². The van der Waals surface area contributed by atoms with Crippen LogP contribution in [0.4, 0.5) is 0 Å². The Morgan fingerprint density at radius 2 is 1.95 bits per heavy atom. The number of hydrogen-bond acceptors (Lipinski definition) is 3. The standard InChI is InChI=1S/C15H24N2O2S/c1-3-16-11-13-7-6-10-15(12(13)2)20(18,19)17-14-8-4-5-9-14/h6-7,10,14,16-17H,3-5,8-9,11H2,1-2H3. The quantitative estimate of drug-likeness (QED) is 0.847. The normalized spacial score (nSPS) is 16.7. The van der Waals surface area contributed by atoms with E-state index in [1.807, 2.05) is 26.0 Å². The van der Waals surface area contributed by atoms with Crippen LogP contribution in [0.2, 0.25) is 0 Å². The molecule has 0 saturated heterocycles. The van der Waals surface area contributed by atoms with Crippen molar-refractivity contribution in [1.82, 2.24) is 10.0 Å². The monoisotopic (exact) mass is 296 g/mol. The Balaban J connectivity index is 2.22. The van der Waals surface area contributed by atoms with Gasteiger partial charge < -0.3 is 5.32 Å². The van der Waals surface area contributed by atoms with E-state index in [1.54, 1.807) is 6.07 Å². The highest BCUT2D eigenvalue weighted by Crippen LogP contribution is 2.23. The smallest absolute Gasteiger partial charge is 0.241 e. The Morgan fingerprint density at radius 3 is 2.60 bits per heavy atom. The van der Waals surface area contributed by atoms with E-state index in [-0.39, 0.29) is 6.04 Å². The van der Waals surface area contributed by atoms with Crippen molar-refractivity contribution in [3.05, 3.63) is 29.3 Å². The minimum absolute atomic E-state index is 0.108. The summed E-state index contributed by atoms with van der Waals surface area (Å²) in [5.74, 6) is 0. The maximum Gasteiger partial charge on any atom is 0.241 e. The average Bonchev–Trinajstić information content (AvgIpc) is 2.89. The predicted octanol–water partition coefficient (Wildman–Crippen LogP) is 2.33. The summed E-state index contributed by atoms with van der Waals surface area (Å²) >= 11 is 0. The van der Waals surface area contributed by atoms with Gasteiger partial charge in [-0.15, -0.1) is 0 Å². The van der Waals surface area contributed by atoms with Gasteiger partial charge in [-0.1, -0.05) is 31.9 Å². The molecule has 2 N–H and O–H groups in total. The first-order chi connectivity index (χ1) is 9.54. The van der Waals surface area contributed by atoms with Crippen LogP contribution in [0.15, 0.2) is 23.1 Å². The second kappa shape index (κ2) is 6.70. The van der Waals surface area contributed by atoms with Gasteiger partial charge in [-0.2, -0.15) is 0 Å². The molecule has 1 saturated carbocycles. The summed E-state index contributed by atoms with van der Waals surface area (Å²) in [4.78, 5) is 0.416. The van der Waals surface area contributed by atoms with Gasteiger partial charge in [0.15, 0.2) is 0 Å². The molecule has 112 valence electrons. The zero-order valence-electron chi connectivity index (χ0n) is 12.3. The van der Waals surface area contributed by atoms with Crippen molar-refractivity contribution in [1.29, 1.82) is 0 Å². The third-order valence-electron chi connectivity index (χ3n) is 3.93. The fourth-order valence-electron chi connectivity index (χ4n) is 2.73. The maximum atomic E-state index is 12.5. The van der Waals surface area contributed by atoms with Crippen LogP contribution in [0.1, 0.15) is 43.7 Å². The summed E-state index contributed by atoms with van der Waals surface area (Å²) in [6, 6.07) is 5.61. The molecule has 2 rings (SSSR count). The van der Waals surface area contributed by atoms with Crippen molar-refractivity contribution in [2.75, 3.05) is 6.54 Å². The average molecular weight is 296 g/mol. The van der Waals surface area contributed by atoms with Crippen LogP contribution in [0.25, 0.3) is 0 Å². The molecular weight excluding hydrogens is 272 g/mol. The van der Waals surface area contributed by atoms with Gasteiger partial charge in [-0.05, 0) is 43.5 Å². The minimum Gasteiger partial charge on any atom is -0.313 e. The molecule has 4 nitrogen and oxygen atoms in total. The van der Waals surface area contributed by atoms with Gasteiger partial charge in [0.1, 0.15) is 0 Å². The molecule has 1 aromatic carbocycles. The molecule has 0 radical (unpaired) electrons. The fraction of sp³-hybridized carbons (Fsp3) is 0.600. The molecule has 5 heteroatoms. The van der Waals surface area contributed by atoms with Crippen LogP contribution in [-0.2, 0) is 16.6 Å². The Labute approximate surface area is 122 Å². The van der Waals surface area contributed by atoms with Gasteiger partial charge in [0.25, 0.3) is 0 Å². The van der Waals surface area contributed by atoms with E-state index in [4.69, 9.17) is 0 Å². The van der Waals surface area contributed by atoms with Gasteiger partial charge in [-0.3, -0.25) is 0 Å². The van der Waals surface area contributed by atoms with E-state index in [1.165, 1.54) is 0 Å². The van der Waals surface area contributed by atoms with Crippen LogP contribution in [0.3, 0.4) is 0 Å². The third kappa shape index (κ3) is 3.59. The van der Waals surface area contributed by atoms with E-state index < -0.39 is 10.0 Å². The molecule has 0 amide bonds. The van der Waals surface area contributed by atoms with Gasteiger partial charge in [0.05, 0.1) is 4.90 Å². The van der Waals surface area contributed by atoms with Crippen molar-refractivity contribution in [2.45, 2.75) is 57.0 Å². The minimum atomic E-state index is -3.40. The first-order valence-electron chi connectivity index (χ1n) is 7.36. The van der Waals surface area contributed by atoms with Gasteiger partial charge in [0, 0.05) is 12.6 Å². The lowest BCUT2D eigenvalue weighted by Gasteiger charge is -2.16.